The molecule has 0 unspecified atom stereocenters. The first-order valence-corrected chi connectivity index (χ1v) is 11.1. The molecule has 1 aromatic heterocycles. The second-order valence-electron chi connectivity index (χ2n) is 8.59. The molecule has 2 N–H and O–H groups in total. The van der Waals surface area contributed by atoms with Crippen LogP contribution < -0.4 is 9.62 Å². The van der Waals surface area contributed by atoms with Crippen LogP contribution in [0.4, 0.5) is 10.1 Å². The molecule has 1 aliphatic rings. The highest BCUT2D eigenvalue weighted by molar-refractivity contribution is 7.90. The van der Waals surface area contributed by atoms with Gasteiger partial charge in [0.2, 0.25) is 15.9 Å². The van der Waals surface area contributed by atoms with Gasteiger partial charge >= 0.3 is 0 Å². The van der Waals surface area contributed by atoms with E-state index in [1.807, 2.05) is 24.3 Å². The number of benzene rings is 2. The fourth-order valence-corrected chi connectivity index (χ4v) is 4.91. The fraction of sp³-hybridized carbons (Fsp3) is 0.318. The quantitative estimate of drug-likeness (QED) is 0.668. The maximum atomic E-state index is 14.7. The van der Waals surface area contributed by atoms with Crippen molar-refractivity contribution in [3.8, 4) is 0 Å². The fourth-order valence-electron chi connectivity index (χ4n) is 4.07. The van der Waals surface area contributed by atoms with E-state index < -0.39 is 26.0 Å². The zero-order chi connectivity index (χ0) is 21.9. The number of aromatic nitrogens is 1. The van der Waals surface area contributed by atoms with Gasteiger partial charge in [0.15, 0.2) is 0 Å². The average molecular weight is 430 g/mol. The Morgan fingerprint density at radius 2 is 1.80 bits per heavy atom. The smallest absolute Gasteiger partial charge is 0.243 e. The summed E-state index contributed by atoms with van der Waals surface area (Å²) in [4.78, 5) is 18.1. The highest BCUT2D eigenvalue weighted by Crippen LogP contribution is 2.48. The van der Waals surface area contributed by atoms with Crippen molar-refractivity contribution in [2.24, 2.45) is 0 Å². The number of rotatable bonds is 4. The molecular formula is C22H24FN3O3S. The summed E-state index contributed by atoms with van der Waals surface area (Å²) < 4.78 is 42.0. The van der Waals surface area contributed by atoms with Gasteiger partial charge in [0, 0.05) is 36.3 Å². The number of aromatic amines is 1. The van der Waals surface area contributed by atoms with Gasteiger partial charge in [-0.15, -0.1) is 0 Å². The minimum Gasteiger partial charge on any atom is -0.361 e. The Labute approximate surface area is 175 Å². The van der Waals surface area contributed by atoms with Crippen LogP contribution in [0.5, 0.6) is 0 Å². The van der Waals surface area contributed by atoms with Crippen molar-refractivity contribution in [1.82, 2.24) is 9.71 Å². The van der Waals surface area contributed by atoms with Crippen molar-refractivity contribution in [1.29, 1.82) is 0 Å². The second kappa shape index (κ2) is 6.65. The number of amides is 1. The molecule has 8 heteroatoms. The van der Waals surface area contributed by atoms with Gasteiger partial charge in [-0.1, -0.05) is 30.3 Å². The van der Waals surface area contributed by atoms with E-state index in [1.54, 1.807) is 39.1 Å². The summed E-state index contributed by atoms with van der Waals surface area (Å²) >= 11 is 0. The van der Waals surface area contributed by atoms with E-state index in [9.17, 15) is 17.6 Å². The summed E-state index contributed by atoms with van der Waals surface area (Å²) in [6, 6.07) is 12.0. The van der Waals surface area contributed by atoms with Gasteiger partial charge in [0.1, 0.15) is 11.2 Å². The lowest BCUT2D eigenvalue weighted by atomic mass is 9.75. The first-order chi connectivity index (χ1) is 14.0. The number of carbonyl (C=O) groups excluding carboxylic acids is 1. The predicted octanol–water partition coefficient (Wildman–Crippen LogP) is 3.29. The molecule has 6 nitrogen and oxygen atoms in total. The molecule has 2 heterocycles. The number of nitrogens with zero attached hydrogens (tertiary/aromatic N) is 1. The molecule has 0 saturated carbocycles. The number of hydrogen-bond acceptors (Lipinski definition) is 3. The number of likely N-dealkylation sites (N-methyl/N-ethyl adjacent to an activating group) is 1. The standard InChI is InChI=1S/C22H24FN3O3S/c1-21(2,3)30(28,29)25-13-22(16-12-24-18-11-6-5-8-14(16)18)15-9-7-10-17(23)19(15)26(4)20(22)27/h5-12,24-25H,13H2,1-4H3/t22-/m1/s1. The zero-order valence-corrected chi connectivity index (χ0v) is 18.1. The maximum absolute atomic E-state index is 14.7. The highest BCUT2D eigenvalue weighted by atomic mass is 32.2. The third-order valence-electron chi connectivity index (χ3n) is 5.83. The van der Waals surface area contributed by atoms with Gasteiger partial charge in [-0.25, -0.2) is 17.5 Å². The topological polar surface area (TPSA) is 82.3 Å². The van der Waals surface area contributed by atoms with Crippen molar-refractivity contribution in [3.63, 3.8) is 0 Å². The molecule has 0 saturated heterocycles. The first-order valence-electron chi connectivity index (χ1n) is 9.63. The number of fused-ring (bicyclic) bond motifs is 2. The maximum Gasteiger partial charge on any atom is 0.243 e. The van der Waals surface area contributed by atoms with Gasteiger partial charge in [-0.3, -0.25) is 4.79 Å². The van der Waals surface area contributed by atoms with Gasteiger partial charge < -0.3 is 9.88 Å². The normalized spacial score (nSPS) is 19.5. The third-order valence-corrected chi connectivity index (χ3v) is 7.97. The molecule has 1 amide bonds. The van der Waals surface area contributed by atoms with Gasteiger partial charge in [-0.2, -0.15) is 0 Å². The molecule has 0 spiro atoms. The van der Waals surface area contributed by atoms with E-state index in [-0.39, 0.29) is 18.1 Å². The molecule has 0 bridgehead atoms. The lowest BCUT2D eigenvalue weighted by Crippen LogP contribution is -2.51. The Bertz CT molecular complexity index is 1260. The summed E-state index contributed by atoms with van der Waals surface area (Å²) in [5, 5.41) is 0.784. The molecule has 0 fully saturated rings. The van der Waals surface area contributed by atoms with Crippen LogP contribution in [-0.4, -0.2) is 37.6 Å². The molecule has 0 radical (unpaired) electrons. The Morgan fingerprint density at radius 1 is 1.10 bits per heavy atom. The molecular weight excluding hydrogens is 405 g/mol. The SMILES string of the molecule is CN1C(=O)[C@@](CNS(=O)(=O)C(C)(C)C)(c2c[nH]c3ccccc23)c2cccc(F)c21. The summed E-state index contributed by atoms with van der Waals surface area (Å²) in [5.41, 5.74) is 0.630. The Morgan fingerprint density at radius 3 is 2.50 bits per heavy atom. The van der Waals surface area contributed by atoms with Crippen molar-refractivity contribution in [2.75, 3.05) is 18.5 Å². The monoisotopic (exact) mass is 429 g/mol. The summed E-state index contributed by atoms with van der Waals surface area (Å²) in [5.74, 6) is -0.910. The molecule has 2 aromatic carbocycles. The summed E-state index contributed by atoms with van der Waals surface area (Å²) in [6.45, 7) is 4.55. The molecule has 3 aromatic rings. The van der Waals surface area contributed by atoms with E-state index in [2.05, 4.69) is 9.71 Å². The van der Waals surface area contributed by atoms with Crippen LogP contribution in [0.1, 0.15) is 31.9 Å². The lowest BCUT2D eigenvalue weighted by Gasteiger charge is -2.30. The van der Waals surface area contributed by atoms with Gasteiger partial charge in [-0.05, 0) is 38.5 Å². The van der Waals surface area contributed by atoms with Crippen LogP contribution in [0, 0.1) is 5.82 Å². The number of hydrogen-bond donors (Lipinski definition) is 2. The van der Waals surface area contributed by atoms with Gasteiger partial charge in [0.05, 0.1) is 10.4 Å². The summed E-state index contributed by atoms with van der Waals surface area (Å²) in [6.07, 6.45) is 1.71. The number of halogens is 1. The van der Waals surface area contributed by atoms with Crippen molar-refractivity contribution in [2.45, 2.75) is 30.9 Å². The minimum atomic E-state index is -3.75. The zero-order valence-electron chi connectivity index (χ0n) is 17.3. The Kier molecular flexibility index (Phi) is 4.56. The number of H-pyrrole nitrogens is 1. The number of nitrogens with one attached hydrogen (secondary N) is 2. The largest absolute Gasteiger partial charge is 0.361 e. The molecule has 1 aliphatic heterocycles. The Hall–Kier alpha value is -2.71. The number of sulfonamides is 1. The van der Waals surface area contributed by atoms with Crippen LogP contribution in [0.3, 0.4) is 0 Å². The molecule has 0 aliphatic carbocycles. The number of anilines is 1. The number of para-hydroxylation sites is 2. The van der Waals surface area contributed by atoms with E-state index in [0.717, 1.165) is 10.9 Å². The van der Waals surface area contributed by atoms with Crippen LogP contribution >= 0.6 is 0 Å². The van der Waals surface area contributed by atoms with Crippen molar-refractivity contribution in [3.05, 3.63) is 65.6 Å². The highest BCUT2D eigenvalue weighted by Gasteiger charge is 2.53. The Balaban J connectivity index is 1.99. The number of carbonyl (C=O) groups is 1. The van der Waals surface area contributed by atoms with E-state index in [1.165, 1.54) is 18.0 Å². The van der Waals surface area contributed by atoms with Crippen LogP contribution in [0.2, 0.25) is 0 Å². The average Bonchev–Trinajstić information content (AvgIpc) is 3.20. The molecule has 158 valence electrons. The van der Waals surface area contributed by atoms with Crippen molar-refractivity contribution < 1.29 is 17.6 Å². The second-order valence-corrected chi connectivity index (χ2v) is 11.1. The predicted molar refractivity (Wildman–Crippen MR) is 116 cm³/mol. The summed E-state index contributed by atoms with van der Waals surface area (Å²) in [7, 11) is -2.23. The first kappa shape index (κ1) is 20.6. The lowest BCUT2D eigenvalue weighted by molar-refractivity contribution is -0.121. The van der Waals surface area contributed by atoms with Gasteiger partial charge in [0.25, 0.3) is 0 Å². The third kappa shape index (κ3) is 2.78. The van der Waals surface area contributed by atoms with Crippen LogP contribution in [-0.2, 0) is 20.2 Å². The van der Waals surface area contributed by atoms with Crippen molar-refractivity contribution >= 4 is 32.5 Å². The minimum absolute atomic E-state index is 0.169. The molecule has 1 atom stereocenters. The van der Waals surface area contributed by atoms with E-state index in [4.69, 9.17) is 0 Å². The van der Waals surface area contributed by atoms with Crippen LogP contribution in [0.15, 0.2) is 48.7 Å². The van der Waals surface area contributed by atoms with E-state index in [0.29, 0.717) is 11.1 Å². The van der Waals surface area contributed by atoms with E-state index >= 15 is 0 Å². The molecule has 4 rings (SSSR count). The van der Waals surface area contributed by atoms with Crippen LogP contribution in [0.25, 0.3) is 10.9 Å². The molecule has 30 heavy (non-hydrogen) atoms.